The van der Waals surface area contributed by atoms with E-state index in [4.69, 9.17) is 4.74 Å². The van der Waals surface area contributed by atoms with E-state index in [2.05, 4.69) is 36.1 Å². The maximum atomic E-state index is 5.09. The number of hydrogen-bond acceptors (Lipinski definition) is 4. The molecule has 1 N–H and O–H groups in total. The van der Waals surface area contributed by atoms with E-state index >= 15 is 0 Å². The van der Waals surface area contributed by atoms with Crippen LogP contribution < -0.4 is 10.1 Å². The summed E-state index contributed by atoms with van der Waals surface area (Å²) in [5.41, 5.74) is 1.02. The number of rotatable bonds is 6. The molecule has 0 bridgehead atoms. The van der Waals surface area contributed by atoms with E-state index in [1.807, 2.05) is 6.07 Å². The zero-order valence-electron chi connectivity index (χ0n) is 10.5. The number of nitrogens with one attached hydrogen (secondary N) is 1. The van der Waals surface area contributed by atoms with Gasteiger partial charge in [0, 0.05) is 24.2 Å². The molecule has 0 aliphatic heterocycles. The predicted molar refractivity (Wildman–Crippen MR) is 64.6 cm³/mol. The van der Waals surface area contributed by atoms with Crippen LogP contribution in [0.15, 0.2) is 12.4 Å². The summed E-state index contributed by atoms with van der Waals surface area (Å²) in [6, 6.07) is 2.34. The molecular weight excluding hydrogens is 202 g/mol. The van der Waals surface area contributed by atoms with E-state index in [9.17, 15) is 0 Å². The molecule has 0 radical (unpaired) electrons. The lowest BCUT2D eigenvalue weighted by atomic mass is 9.99. The topological polar surface area (TPSA) is 47.0 Å². The predicted octanol–water partition coefficient (Wildman–Crippen LogP) is 1.66. The van der Waals surface area contributed by atoms with Crippen LogP contribution in [0.1, 0.15) is 26.5 Å². The van der Waals surface area contributed by atoms with Gasteiger partial charge in [-0.05, 0) is 12.5 Å². The van der Waals surface area contributed by atoms with Gasteiger partial charge in [0.1, 0.15) is 6.33 Å². The number of likely N-dealkylation sites (N-methyl/N-ethyl adjacent to an activating group) is 1. The number of hydrogen-bond donors (Lipinski definition) is 1. The van der Waals surface area contributed by atoms with Crippen molar-refractivity contribution in [1.29, 1.82) is 0 Å². The normalized spacial score (nSPS) is 12.8. The van der Waals surface area contributed by atoms with Crippen LogP contribution in [0.4, 0.5) is 0 Å². The molecule has 1 atom stereocenters. The van der Waals surface area contributed by atoms with E-state index in [1.54, 1.807) is 13.4 Å². The molecule has 0 aliphatic rings. The van der Waals surface area contributed by atoms with E-state index in [0.717, 1.165) is 18.7 Å². The molecule has 1 unspecified atom stereocenters. The number of ether oxygens (including phenoxy) is 1. The van der Waals surface area contributed by atoms with Crippen LogP contribution in [-0.4, -0.2) is 29.7 Å². The van der Waals surface area contributed by atoms with Crippen molar-refractivity contribution in [1.82, 2.24) is 15.3 Å². The smallest absolute Gasteiger partial charge is 0.216 e. The summed E-state index contributed by atoms with van der Waals surface area (Å²) in [5, 5.41) is 3.47. The van der Waals surface area contributed by atoms with Crippen molar-refractivity contribution in [2.75, 3.05) is 13.7 Å². The Morgan fingerprint density at radius 3 is 2.69 bits per heavy atom. The van der Waals surface area contributed by atoms with Crippen molar-refractivity contribution in [2.45, 2.75) is 33.2 Å². The summed E-state index contributed by atoms with van der Waals surface area (Å²) in [7, 11) is 1.62. The van der Waals surface area contributed by atoms with Gasteiger partial charge in [-0.25, -0.2) is 9.97 Å². The van der Waals surface area contributed by atoms with Gasteiger partial charge >= 0.3 is 0 Å². The van der Waals surface area contributed by atoms with Crippen molar-refractivity contribution in [2.24, 2.45) is 5.92 Å². The van der Waals surface area contributed by atoms with Crippen molar-refractivity contribution in [3.05, 3.63) is 18.1 Å². The Hall–Kier alpha value is -1.16. The Morgan fingerprint density at radius 1 is 1.38 bits per heavy atom. The molecule has 0 spiro atoms. The summed E-state index contributed by atoms with van der Waals surface area (Å²) in [5.74, 6) is 1.21. The fourth-order valence-electron chi connectivity index (χ4n) is 1.63. The van der Waals surface area contributed by atoms with E-state index < -0.39 is 0 Å². The minimum atomic E-state index is 0.449. The summed E-state index contributed by atoms with van der Waals surface area (Å²) < 4.78 is 5.09. The molecule has 1 heterocycles. The molecule has 4 heteroatoms. The molecule has 90 valence electrons. The van der Waals surface area contributed by atoms with Crippen molar-refractivity contribution < 1.29 is 4.74 Å². The van der Waals surface area contributed by atoms with Gasteiger partial charge in [0.05, 0.1) is 7.11 Å². The number of aromatic nitrogens is 2. The molecule has 0 amide bonds. The quantitative estimate of drug-likeness (QED) is 0.796. The molecule has 0 saturated heterocycles. The highest BCUT2D eigenvalue weighted by Crippen LogP contribution is 2.11. The fraction of sp³-hybridized carbons (Fsp3) is 0.667. The van der Waals surface area contributed by atoms with E-state index in [0.29, 0.717) is 17.8 Å². The standard InChI is InChI=1S/C12H21N3O/c1-5-13-11(9(2)3)6-10-7-12(16-4)15-8-14-10/h7-9,11,13H,5-6H2,1-4H3. The van der Waals surface area contributed by atoms with Gasteiger partial charge in [-0.3, -0.25) is 0 Å². The Morgan fingerprint density at radius 2 is 2.12 bits per heavy atom. The van der Waals surface area contributed by atoms with Gasteiger partial charge in [0.2, 0.25) is 5.88 Å². The first-order chi connectivity index (χ1) is 7.67. The van der Waals surface area contributed by atoms with Gasteiger partial charge in [-0.2, -0.15) is 0 Å². The van der Waals surface area contributed by atoms with Gasteiger partial charge in [0.25, 0.3) is 0 Å². The Labute approximate surface area is 97.5 Å². The molecule has 0 aliphatic carbocycles. The van der Waals surface area contributed by atoms with Gasteiger partial charge < -0.3 is 10.1 Å². The lowest BCUT2D eigenvalue weighted by Crippen LogP contribution is -2.35. The third-order valence-corrected chi connectivity index (χ3v) is 2.61. The zero-order chi connectivity index (χ0) is 12.0. The highest BCUT2D eigenvalue weighted by molar-refractivity contribution is 5.14. The third-order valence-electron chi connectivity index (χ3n) is 2.61. The molecule has 0 fully saturated rings. The third kappa shape index (κ3) is 3.77. The van der Waals surface area contributed by atoms with Crippen LogP contribution >= 0.6 is 0 Å². The van der Waals surface area contributed by atoms with Gasteiger partial charge in [-0.1, -0.05) is 20.8 Å². The first-order valence-electron chi connectivity index (χ1n) is 5.75. The van der Waals surface area contributed by atoms with Crippen LogP contribution in [0, 0.1) is 5.92 Å². The molecule has 4 nitrogen and oxygen atoms in total. The van der Waals surface area contributed by atoms with E-state index in [-0.39, 0.29) is 0 Å². The second-order valence-corrected chi connectivity index (χ2v) is 4.16. The van der Waals surface area contributed by atoms with Crippen LogP contribution in [0.3, 0.4) is 0 Å². The van der Waals surface area contributed by atoms with Crippen LogP contribution in [0.5, 0.6) is 5.88 Å². The first-order valence-corrected chi connectivity index (χ1v) is 5.75. The second-order valence-electron chi connectivity index (χ2n) is 4.16. The van der Waals surface area contributed by atoms with Crippen molar-refractivity contribution in [3.63, 3.8) is 0 Å². The summed E-state index contributed by atoms with van der Waals surface area (Å²) in [6.07, 6.45) is 2.46. The van der Waals surface area contributed by atoms with Crippen molar-refractivity contribution >= 4 is 0 Å². The van der Waals surface area contributed by atoms with Crippen LogP contribution in [-0.2, 0) is 6.42 Å². The Balaban J connectivity index is 2.68. The molecule has 1 aromatic heterocycles. The van der Waals surface area contributed by atoms with Crippen LogP contribution in [0.2, 0.25) is 0 Å². The molecule has 1 aromatic rings. The molecule has 16 heavy (non-hydrogen) atoms. The molecule has 0 saturated carbocycles. The fourth-order valence-corrected chi connectivity index (χ4v) is 1.63. The van der Waals surface area contributed by atoms with Gasteiger partial charge in [-0.15, -0.1) is 0 Å². The molecule has 0 aromatic carbocycles. The summed E-state index contributed by atoms with van der Waals surface area (Å²) in [6.45, 7) is 7.53. The van der Waals surface area contributed by atoms with E-state index in [1.165, 1.54) is 0 Å². The second kappa shape index (κ2) is 6.43. The maximum Gasteiger partial charge on any atom is 0.216 e. The Kier molecular flexibility index (Phi) is 5.19. The molecular formula is C12H21N3O. The van der Waals surface area contributed by atoms with Crippen molar-refractivity contribution in [3.8, 4) is 5.88 Å². The summed E-state index contributed by atoms with van der Waals surface area (Å²) in [4.78, 5) is 8.26. The zero-order valence-corrected chi connectivity index (χ0v) is 10.5. The SMILES string of the molecule is CCNC(Cc1cc(OC)ncn1)C(C)C. The number of methoxy groups -OCH3 is 1. The molecule has 1 rings (SSSR count). The van der Waals surface area contributed by atoms with Crippen LogP contribution in [0.25, 0.3) is 0 Å². The minimum Gasteiger partial charge on any atom is -0.481 e. The number of nitrogens with zero attached hydrogens (tertiary/aromatic N) is 2. The van der Waals surface area contributed by atoms with Gasteiger partial charge in [0.15, 0.2) is 0 Å². The Bertz CT molecular complexity index is 315. The largest absolute Gasteiger partial charge is 0.481 e. The lowest BCUT2D eigenvalue weighted by Gasteiger charge is -2.21. The average molecular weight is 223 g/mol. The highest BCUT2D eigenvalue weighted by atomic mass is 16.5. The highest BCUT2D eigenvalue weighted by Gasteiger charge is 2.13. The lowest BCUT2D eigenvalue weighted by molar-refractivity contribution is 0.388. The maximum absolute atomic E-state index is 5.09. The summed E-state index contributed by atoms with van der Waals surface area (Å²) >= 11 is 0. The minimum absolute atomic E-state index is 0.449. The monoisotopic (exact) mass is 223 g/mol. The first kappa shape index (κ1) is 12.9. The average Bonchev–Trinajstić information content (AvgIpc) is 2.28.